The molecule has 0 unspecified atom stereocenters. The molecule has 0 heterocycles. The highest BCUT2D eigenvalue weighted by atomic mass is 79.9. The lowest BCUT2D eigenvalue weighted by molar-refractivity contribution is 0.0693. The monoisotopic (exact) mass is 326 g/mol. The predicted molar refractivity (Wildman–Crippen MR) is 79.9 cm³/mol. The number of nitrogens with zero attached hydrogens (tertiary/aromatic N) is 1. The van der Waals surface area contributed by atoms with E-state index in [1.165, 1.54) is 6.42 Å². The van der Waals surface area contributed by atoms with Crippen molar-refractivity contribution in [2.75, 3.05) is 26.0 Å². The number of hydrogen-bond acceptors (Lipinski definition) is 3. The molecule has 2 N–H and O–H groups in total. The fourth-order valence-electron chi connectivity index (χ4n) is 2.47. The van der Waals surface area contributed by atoms with E-state index in [1.54, 1.807) is 6.07 Å². The highest BCUT2D eigenvalue weighted by Gasteiger charge is 2.38. The largest absolute Gasteiger partial charge is 0.478 e. The number of benzene rings is 1. The van der Waals surface area contributed by atoms with Crippen molar-refractivity contribution in [2.45, 2.75) is 24.8 Å². The number of carboxylic acids is 1. The summed E-state index contributed by atoms with van der Waals surface area (Å²) in [5.74, 6) is -0.906. The molecular formula is C14H19BrN2O2. The molecular weight excluding hydrogens is 308 g/mol. The first-order valence-electron chi connectivity index (χ1n) is 6.39. The zero-order valence-electron chi connectivity index (χ0n) is 11.2. The third-order valence-electron chi connectivity index (χ3n) is 4.05. The lowest BCUT2D eigenvalue weighted by Gasteiger charge is -2.47. The Morgan fingerprint density at radius 2 is 2.16 bits per heavy atom. The van der Waals surface area contributed by atoms with Crippen molar-refractivity contribution in [3.05, 3.63) is 28.2 Å². The Kier molecular flexibility index (Phi) is 4.16. The van der Waals surface area contributed by atoms with Crippen LogP contribution in [0.2, 0.25) is 0 Å². The molecule has 1 fully saturated rings. The molecule has 0 amide bonds. The molecule has 19 heavy (non-hydrogen) atoms. The summed E-state index contributed by atoms with van der Waals surface area (Å²) in [7, 11) is 4.17. The maximum absolute atomic E-state index is 11.2. The van der Waals surface area contributed by atoms with E-state index in [9.17, 15) is 9.90 Å². The van der Waals surface area contributed by atoms with E-state index < -0.39 is 5.97 Å². The van der Waals surface area contributed by atoms with Crippen LogP contribution in [0, 0.1) is 0 Å². The summed E-state index contributed by atoms with van der Waals surface area (Å²) in [5.41, 5.74) is 1.16. The van der Waals surface area contributed by atoms with E-state index in [-0.39, 0.29) is 5.54 Å². The molecule has 0 saturated heterocycles. The van der Waals surface area contributed by atoms with E-state index in [0.29, 0.717) is 11.3 Å². The quantitative estimate of drug-likeness (QED) is 0.873. The van der Waals surface area contributed by atoms with Crippen molar-refractivity contribution >= 4 is 27.6 Å². The van der Waals surface area contributed by atoms with Crippen LogP contribution in [0.5, 0.6) is 0 Å². The minimum atomic E-state index is -0.906. The number of carboxylic acid groups (broad SMARTS) is 1. The number of likely N-dealkylation sites (N-methyl/N-ethyl adjacent to an activating group) is 1. The van der Waals surface area contributed by atoms with Gasteiger partial charge in [-0.15, -0.1) is 0 Å². The van der Waals surface area contributed by atoms with Crippen molar-refractivity contribution in [3.8, 4) is 0 Å². The molecule has 1 aliphatic carbocycles. The summed E-state index contributed by atoms with van der Waals surface area (Å²) in [5, 5.41) is 12.5. The summed E-state index contributed by atoms with van der Waals surface area (Å²) >= 11 is 3.30. The van der Waals surface area contributed by atoms with Gasteiger partial charge < -0.3 is 15.3 Å². The van der Waals surface area contributed by atoms with Gasteiger partial charge in [-0.05, 0) is 51.6 Å². The SMILES string of the molecule is CN(C)C1(CNc2ccc(Br)cc2C(=O)O)CCC1. The van der Waals surface area contributed by atoms with Gasteiger partial charge in [0, 0.05) is 22.2 Å². The summed E-state index contributed by atoms with van der Waals surface area (Å²) in [4.78, 5) is 13.5. The maximum atomic E-state index is 11.2. The predicted octanol–water partition coefficient (Wildman–Crippen LogP) is 3.04. The molecule has 4 nitrogen and oxygen atoms in total. The first-order chi connectivity index (χ1) is 8.94. The van der Waals surface area contributed by atoms with Gasteiger partial charge in [0.05, 0.1) is 5.56 Å². The molecule has 1 saturated carbocycles. The fraction of sp³-hybridized carbons (Fsp3) is 0.500. The zero-order valence-corrected chi connectivity index (χ0v) is 12.8. The molecule has 0 radical (unpaired) electrons. The van der Waals surface area contributed by atoms with E-state index in [4.69, 9.17) is 0 Å². The lowest BCUT2D eigenvalue weighted by atomic mass is 9.75. The van der Waals surface area contributed by atoms with Crippen LogP contribution in [0.15, 0.2) is 22.7 Å². The third kappa shape index (κ3) is 2.92. The molecule has 1 aromatic carbocycles. The highest BCUT2D eigenvalue weighted by Crippen LogP contribution is 2.36. The van der Waals surface area contributed by atoms with Gasteiger partial charge in [0.25, 0.3) is 0 Å². The van der Waals surface area contributed by atoms with Crippen molar-refractivity contribution < 1.29 is 9.90 Å². The van der Waals surface area contributed by atoms with Crippen LogP contribution >= 0.6 is 15.9 Å². The standard InChI is InChI=1S/C14H19BrN2O2/c1-17(2)14(6-3-7-14)9-16-12-5-4-10(15)8-11(12)13(18)19/h4-5,8,16H,3,6-7,9H2,1-2H3,(H,18,19). The third-order valence-corrected chi connectivity index (χ3v) is 4.55. The van der Waals surface area contributed by atoms with Gasteiger partial charge in [0.2, 0.25) is 0 Å². The second-order valence-corrected chi connectivity index (χ2v) is 6.24. The van der Waals surface area contributed by atoms with Crippen LogP contribution in [0.25, 0.3) is 0 Å². The molecule has 0 aliphatic heterocycles. The second kappa shape index (κ2) is 5.51. The smallest absolute Gasteiger partial charge is 0.337 e. The number of carbonyl (C=O) groups is 1. The Morgan fingerprint density at radius 3 is 2.63 bits per heavy atom. The number of anilines is 1. The first-order valence-corrected chi connectivity index (χ1v) is 7.18. The number of aromatic carboxylic acids is 1. The van der Waals surface area contributed by atoms with E-state index in [0.717, 1.165) is 23.9 Å². The highest BCUT2D eigenvalue weighted by molar-refractivity contribution is 9.10. The van der Waals surface area contributed by atoms with Gasteiger partial charge in [-0.1, -0.05) is 15.9 Å². The summed E-state index contributed by atoms with van der Waals surface area (Å²) in [6, 6.07) is 5.31. The first kappa shape index (κ1) is 14.3. The van der Waals surface area contributed by atoms with Gasteiger partial charge in [-0.25, -0.2) is 4.79 Å². The van der Waals surface area contributed by atoms with Gasteiger partial charge in [0.1, 0.15) is 0 Å². The van der Waals surface area contributed by atoms with Crippen LogP contribution in [-0.2, 0) is 0 Å². The second-order valence-electron chi connectivity index (χ2n) is 5.32. The van der Waals surface area contributed by atoms with Crippen LogP contribution < -0.4 is 5.32 Å². The summed E-state index contributed by atoms with van der Waals surface area (Å²) in [6.07, 6.45) is 3.56. The van der Waals surface area contributed by atoms with Crippen molar-refractivity contribution in [3.63, 3.8) is 0 Å². The average molecular weight is 327 g/mol. The minimum Gasteiger partial charge on any atom is -0.478 e. The number of halogens is 1. The van der Waals surface area contributed by atoms with E-state index in [1.807, 2.05) is 12.1 Å². The fourth-order valence-corrected chi connectivity index (χ4v) is 2.84. The molecule has 104 valence electrons. The van der Waals surface area contributed by atoms with Crippen molar-refractivity contribution in [1.29, 1.82) is 0 Å². The lowest BCUT2D eigenvalue weighted by Crippen LogP contribution is -2.54. The van der Waals surface area contributed by atoms with Gasteiger partial charge in [-0.3, -0.25) is 0 Å². The molecule has 2 rings (SSSR count). The Balaban J connectivity index is 2.13. The molecule has 0 atom stereocenters. The van der Waals surface area contributed by atoms with Crippen molar-refractivity contribution in [2.24, 2.45) is 0 Å². The number of hydrogen-bond donors (Lipinski definition) is 2. The molecule has 0 aromatic heterocycles. The maximum Gasteiger partial charge on any atom is 0.337 e. The topological polar surface area (TPSA) is 52.6 Å². The Bertz CT molecular complexity index is 484. The van der Waals surface area contributed by atoms with Crippen LogP contribution in [0.3, 0.4) is 0 Å². The summed E-state index contributed by atoms with van der Waals surface area (Å²) in [6.45, 7) is 0.780. The summed E-state index contributed by atoms with van der Waals surface area (Å²) < 4.78 is 0.779. The minimum absolute atomic E-state index is 0.169. The van der Waals surface area contributed by atoms with Gasteiger partial charge >= 0.3 is 5.97 Å². The molecule has 0 spiro atoms. The molecule has 1 aliphatic rings. The van der Waals surface area contributed by atoms with Crippen LogP contribution in [0.1, 0.15) is 29.6 Å². The molecule has 0 bridgehead atoms. The average Bonchev–Trinajstić information content (AvgIpc) is 2.28. The van der Waals surface area contributed by atoms with Gasteiger partial charge in [-0.2, -0.15) is 0 Å². The van der Waals surface area contributed by atoms with Gasteiger partial charge in [0.15, 0.2) is 0 Å². The molecule has 1 aromatic rings. The Hall–Kier alpha value is -1.07. The van der Waals surface area contributed by atoms with Crippen LogP contribution in [-0.4, -0.2) is 42.2 Å². The Labute approximate surface area is 121 Å². The molecule has 5 heteroatoms. The number of rotatable bonds is 5. The van der Waals surface area contributed by atoms with Crippen LogP contribution in [0.4, 0.5) is 5.69 Å². The number of nitrogens with one attached hydrogen (secondary N) is 1. The normalized spacial score (nSPS) is 17.1. The zero-order chi connectivity index (χ0) is 14.0. The van der Waals surface area contributed by atoms with E-state index in [2.05, 4.69) is 40.2 Å². The Morgan fingerprint density at radius 1 is 1.47 bits per heavy atom. The van der Waals surface area contributed by atoms with Crippen molar-refractivity contribution in [1.82, 2.24) is 4.90 Å². The van der Waals surface area contributed by atoms with E-state index >= 15 is 0 Å².